The molecule has 0 amide bonds. The Kier molecular flexibility index (Phi) is 3.82. The highest BCUT2D eigenvalue weighted by molar-refractivity contribution is 5.92. The smallest absolute Gasteiger partial charge is 0.338 e. The number of ether oxygens (including phenoxy) is 1. The molecular formula is C11H13F2NO2. The predicted octanol–water partition coefficient (Wildman–Crippen LogP) is 2.17. The van der Waals surface area contributed by atoms with Crippen LogP contribution in [0.3, 0.4) is 0 Å². The maximum atomic E-state index is 12.4. The number of anilines is 1. The van der Waals surface area contributed by atoms with E-state index in [2.05, 4.69) is 4.74 Å². The first-order chi connectivity index (χ1) is 7.47. The van der Waals surface area contributed by atoms with E-state index in [0.717, 1.165) is 0 Å². The number of halogens is 2. The van der Waals surface area contributed by atoms with Gasteiger partial charge in [-0.1, -0.05) is 0 Å². The molecule has 1 rings (SSSR count). The predicted molar refractivity (Wildman–Crippen MR) is 56.6 cm³/mol. The van der Waals surface area contributed by atoms with Gasteiger partial charge in [-0.3, -0.25) is 0 Å². The van der Waals surface area contributed by atoms with Crippen molar-refractivity contribution < 1.29 is 18.3 Å². The molecule has 0 saturated carbocycles. The van der Waals surface area contributed by atoms with Gasteiger partial charge in [-0.2, -0.15) is 0 Å². The summed E-state index contributed by atoms with van der Waals surface area (Å²) in [7, 11) is 1.21. The summed E-state index contributed by atoms with van der Waals surface area (Å²) >= 11 is 0. The molecule has 0 atom stereocenters. The number of rotatable bonds is 3. The van der Waals surface area contributed by atoms with Gasteiger partial charge in [0.2, 0.25) is 6.43 Å². The molecule has 0 aliphatic heterocycles. The fourth-order valence-corrected chi connectivity index (χ4v) is 1.49. The lowest BCUT2D eigenvalue weighted by Gasteiger charge is -2.12. The zero-order chi connectivity index (χ0) is 12.3. The van der Waals surface area contributed by atoms with Crippen molar-refractivity contribution in [1.82, 2.24) is 0 Å². The summed E-state index contributed by atoms with van der Waals surface area (Å²) in [6.07, 6.45) is -3.02. The maximum Gasteiger partial charge on any atom is 0.338 e. The molecule has 0 aliphatic carbocycles. The summed E-state index contributed by atoms with van der Waals surface area (Å²) in [6, 6.07) is 2.92. The molecule has 3 nitrogen and oxygen atoms in total. The molecule has 2 N–H and O–H groups in total. The van der Waals surface area contributed by atoms with Crippen LogP contribution in [0.2, 0.25) is 0 Å². The SMILES string of the molecule is COC(=O)c1ccc(N)c(C)c1CC(F)F. The van der Waals surface area contributed by atoms with Crippen molar-refractivity contribution in [3.63, 3.8) is 0 Å². The van der Waals surface area contributed by atoms with Crippen LogP contribution >= 0.6 is 0 Å². The number of hydrogen-bond acceptors (Lipinski definition) is 3. The van der Waals surface area contributed by atoms with Gasteiger partial charge in [0.15, 0.2) is 0 Å². The van der Waals surface area contributed by atoms with E-state index < -0.39 is 18.8 Å². The number of benzene rings is 1. The van der Waals surface area contributed by atoms with Gasteiger partial charge in [-0.25, -0.2) is 13.6 Å². The number of nitrogens with two attached hydrogens (primary N) is 1. The summed E-state index contributed by atoms with van der Waals surface area (Å²) in [5.41, 5.74) is 6.90. The van der Waals surface area contributed by atoms with Gasteiger partial charge in [0.25, 0.3) is 0 Å². The molecule has 0 fully saturated rings. The van der Waals surface area contributed by atoms with Crippen LogP contribution in [0.4, 0.5) is 14.5 Å². The fraction of sp³-hybridized carbons (Fsp3) is 0.364. The Balaban J connectivity index is 3.27. The minimum absolute atomic E-state index is 0.148. The monoisotopic (exact) mass is 229 g/mol. The van der Waals surface area contributed by atoms with Gasteiger partial charge in [0.05, 0.1) is 12.7 Å². The summed E-state index contributed by atoms with van der Waals surface area (Å²) in [5, 5.41) is 0. The molecule has 0 unspecified atom stereocenters. The van der Waals surface area contributed by atoms with Crippen molar-refractivity contribution >= 4 is 11.7 Å². The zero-order valence-corrected chi connectivity index (χ0v) is 9.09. The van der Waals surface area contributed by atoms with Crippen molar-refractivity contribution in [3.8, 4) is 0 Å². The largest absolute Gasteiger partial charge is 0.465 e. The van der Waals surface area contributed by atoms with Crippen molar-refractivity contribution in [1.29, 1.82) is 0 Å². The number of carbonyl (C=O) groups is 1. The third-order valence-electron chi connectivity index (χ3n) is 2.40. The van der Waals surface area contributed by atoms with E-state index in [0.29, 0.717) is 11.3 Å². The molecule has 0 heterocycles. The van der Waals surface area contributed by atoms with E-state index in [-0.39, 0.29) is 11.1 Å². The van der Waals surface area contributed by atoms with Crippen LogP contribution in [-0.2, 0) is 11.2 Å². The molecule has 1 aromatic carbocycles. The normalized spacial score (nSPS) is 10.6. The van der Waals surface area contributed by atoms with E-state index in [9.17, 15) is 13.6 Å². The molecule has 0 radical (unpaired) electrons. The summed E-state index contributed by atoms with van der Waals surface area (Å²) < 4.78 is 29.3. The first-order valence-electron chi connectivity index (χ1n) is 4.71. The van der Waals surface area contributed by atoms with Crippen molar-refractivity contribution in [2.24, 2.45) is 0 Å². The van der Waals surface area contributed by atoms with Crippen molar-refractivity contribution in [2.45, 2.75) is 19.8 Å². The number of methoxy groups -OCH3 is 1. The Labute approximate surface area is 92.2 Å². The van der Waals surface area contributed by atoms with Gasteiger partial charge in [-0.05, 0) is 30.2 Å². The number of nitrogen functional groups attached to an aromatic ring is 1. The number of alkyl halides is 2. The molecule has 0 saturated heterocycles. The van der Waals surface area contributed by atoms with E-state index in [4.69, 9.17) is 5.73 Å². The molecule has 0 bridgehead atoms. The van der Waals surface area contributed by atoms with Gasteiger partial charge in [-0.15, -0.1) is 0 Å². The number of carbonyl (C=O) groups excluding carboxylic acids is 1. The first-order valence-corrected chi connectivity index (χ1v) is 4.71. The molecule has 88 valence electrons. The Morgan fingerprint density at radius 1 is 1.50 bits per heavy atom. The molecule has 0 aromatic heterocycles. The van der Waals surface area contributed by atoms with Crippen molar-refractivity contribution in [3.05, 3.63) is 28.8 Å². The summed E-state index contributed by atoms with van der Waals surface area (Å²) in [6.45, 7) is 1.61. The highest BCUT2D eigenvalue weighted by Crippen LogP contribution is 2.23. The topological polar surface area (TPSA) is 52.3 Å². The molecular weight excluding hydrogens is 216 g/mol. The standard InChI is InChI=1S/C11H13F2NO2/c1-6-8(5-10(12)13)7(11(15)16-2)3-4-9(6)14/h3-4,10H,5,14H2,1-2H3. The quantitative estimate of drug-likeness (QED) is 0.638. The molecule has 1 aromatic rings. The van der Waals surface area contributed by atoms with Gasteiger partial charge < -0.3 is 10.5 Å². The molecule has 16 heavy (non-hydrogen) atoms. The zero-order valence-electron chi connectivity index (χ0n) is 9.09. The average Bonchev–Trinajstić information content (AvgIpc) is 2.23. The van der Waals surface area contributed by atoms with E-state index in [1.54, 1.807) is 6.92 Å². The summed E-state index contributed by atoms with van der Waals surface area (Å²) in [4.78, 5) is 11.4. The maximum absolute atomic E-state index is 12.4. The van der Waals surface area contributed by atoms with Crippen LogP contribution in [0.5, 0.6) is 0 Å². The average molecular weight is 229 g/mol. The van der Waals surface area contributed by atoms with E-state index in [1.807, 2.05) is 0 Å². The summed E-state index contributed by atoms with van der Waals surface area (Å²) in [5.74, 6) is -0.626. The fourth-order valence-electron chi connectivity index (χ4n) is 1.49. The van der Waals surface area contributed by atoms with Crippen LogP contribution in [0.15, 0.2) is 12.1 Å². The first kappa shape index (κ1) is 12.4. The second-order valence-electron chi connectivity index (χ2n) is 3.39. The van der Waals surface area contributed by atoms with Gasteiger partial charge >= 0.3 is 5.97 Å². The highest BCUT2D eigenvalue weighted by Gasteiger charge is 2.18. The lowest BCUT2D eigenvalue weighted by molar-refractivity contribution is 0.0598. The lowest BCUT2D eigenvalue weighted by Crippen LogP contribution is -2.11. The lowest BCUT2D eigenvalue weighted by atomic mass is 9.98. The van der Waals surface area contributed by atoms with E-state index >= 15 is 0 Å². The van der Waals surface area contributed by atoms with Crippen LogP contribution in [0.1, 0.15) is 21.5 Å². The number of hydrogen-bond donors (Lipinski definition) is 1. The van der Waals surface area contributed by atoms with Crippen LogP contribution in [0, 0.1) is 6.92 Å². The van der Waals surface area contributed by atoms with Gasteiger partial charge in [0, 0.05) is 12.1 Å². The van der Waals surface area contributed by atoms with Crippen LogP contribution in [0.25, 0.3) is 0 Å². The Morgan fingerprint density at radius 3 is 2.62 bits per heavy atom. The van der Waals surface area contributed by atoms with Crippen molar-refractivity contribution in [2.75, 3.05) is 12.8 Å². The second kappa shape index (κ2) is 4.92. The van der Waals surface area contributed by atoms with E-state index in [1.165, 1.54) is 19.2 Å². The minimum atomic E-state index is -2.52. The third-order valence-corrected chi connectivity index (χ3v) is 2.40. The third kappa shape index (κ3) is 2.48. The Morgan fingerprint density at radius 2 is 2.12 bits per heavy atom. The minimum Gasteiger partial charge on any atom is -0.465 e. The number of esters is 1. The van der Waals surface area contributed by atoms with Crippen LogP contribution in [-0.4, -0.2) is 19.5 Å². The highest BCUT2D eigenvalue weighted by atomic mass is 19.3. The Bertz CT molecular complexity index is 405. The Hall–Kier alpha value is -1.65. The molecule has 0 spiro atoms. The van der Waals surface area contributed by atoms with Gasteiger partial charge in [0.1, 0.15) is 0 Å². The van der Waals surface area contributed by atoms with Crippen LogP contribution < -0.4 is 5.73 Å². The second-order valence-corrected chi connectivity index (χ2v) is 3.39. The molecule has 5 heteroatoms. The molecule has 0 aliphatic rings.